The highest BCUT2D eigenvalue weighted by molar-refractivity contribution is 8.07. The molecule has 5 aromatic heterocycles. The quantitative estimate of drug-likeness (QED) is 0.0691. The molecule has 354 valence electrons. The third-order valence-corrected chi connectivity index (χ3v) is 15.1. The second kappa shape index (κ2) is 18.6. The summed E-state index contributed by atoms with van der Waals surface area (Å²) in [5.74, 6) is -1.58. The maximum Gasteiger partial charge on any atom is 0.351 e. The second-order valence-corrected chi connectivity index (χ2v) is 22.0. The average molecular weight is 984 g/mol. The van der Waals surface area contributed by atoms with Crippen LogP contribution < -0.4 is 28.5 Å². The molecule has 5 aromatic rings. The van der Waals surface area contributed by atoms with E-state index in [1.165, 1.54) is 28.0 Å². The number of rotatable bonds is 16. The smallest absolute Gasteiger partial charge is 0.351 e. The average Bonchev–Trinajstić information content (AvgIpc) is 4.06. The SMILES string of the molecule is CCCC[C@H]1O[C@@H](n2cnc3c(N)ncnc32)[C@@H](C)C1OP(O)(=S)OC[C@H]1O[C@@H](n2cnc3c(=O)[nH]c(N)nc32)[C@@H](C)C1OP(O)(=S)OC[C@H]1O[C@@H](n2cc(C)c(N)nc2=O)[C@@H](C)C1O. The predicted molar refractivity (Wildman–Crippen MR) is 239 cm³/mol. The third-order valence-electron chi connectivity index (χ3n) is 12.0. The van der Waals surface area contributed by atoms with Gasteiger partial charge in [0.25, 0.3) is 5.56 Å². The first-order valence-corrected chi connectivity index (χ1v) is 25.9. The summed E-state index contributed by atoms with van der Waals surface area (Å²) < 4.78 is 47.7. The van der Waals surface area contributed by atoms with Gasteiger partial charge >= 0.3 is 19.1 Å². The number of fused-ring (bicyclic) bond motifs is 2. The molecule has 8 heterocycles. The zero-order valence-electron chi connectivity index (χ0n) is 35.8. The van der Waals surface area contributed by atoms with Gasteiger partial charge in [0.1, 0.15) is 60.8 Å². The van der Waals surface area contributed by atoms with Crippen LogP contribution in [0.5, 0.6) is 0 Å². The molecular weight excluding hydrogens is 933 g/mol. The van der Waals surface area contributed by atoms with Crippen molar-refractivity contribution < 1.29 is 47.2 Å². The van der Waals surface area contributed by atoms with E-state index in [0.29, 0.717) is 23.1 Å². The number of aliphatic hydroxyl groups excluding tert-OH is 1. The summed E-state index contributed by atoms with van der Waals surface area (Å²) in [6.45, 7) is -0.170. The molecule has 0 spiro atoms. The minimum atomic E-state index is -4.22. The fourth-order valence-electron chi connectivity index (χ4n) is 8.50. The van der Waals surface area contributed by atoms with E-state index in [4.69, 9.17) is 73.1 Å². The molecule has 0 bridgehead atoms. The summed E-state index contributed by atoms with van der Waals surface area (Å²) in [4.78, 5) is 76.1. The lowest BCUT2D eigenvalue weighted by molar-refractivity contribution is -0.0533. The predicted octanol–water partition coefficient (Wildman–Crippen LogP) is 1.66. The Bertz CT molecular complexity index is 2780. The molecule has 0 aromatic carbocycles. The van der Waals surface area contributed by atoms with Crippen LogP contribution in [0.15, 0.2) is 34.8 Å². The Labute approximate surface area is 380 Å². The van der Waals surface area contributed by atoms with Gasteiger partial charge in [-0.15, -0.1) is 0 Å². The molecule has 3 aliphatic heterocycles. The Hall–Kier alpha value is -3.92. The topological polar surface area (TPSA) is 345 Å². The van der Waals surface area contributed by atoms with Crippen molar-refractivity contribution in [2.75, 3.05) is 30.4 Å². The van der Waals surface area contributed by atoms with E-state index in [9.17, 15) is 24.5 Å². The number of aryl methyl sites for hydroxylation is 1. The van der Waals surface area contributed by atoms with Crippen LogP contribution in [0, 0.1) is 24.7 Å². The molecule has 29 heteroatoms. The molecule has 25 nitrogen and oxygen atoms in total. The number of hydrogen-bond donors (Lipinski definition) is 7. The van der Waals surface area contributed by atoms with Crippen LogP contribution in [0.3, 0.4) is 0 Å². The Kier molecular flexibility index (Phi) is 13.6. The molecule has 10 N–H and O–H groups in total. The van der Waals surface area contributed by atoms with Crippen LogP contribution in [0.1, 0.15) is 71.2 Å². The number of nitrogens with one attached hydrogen (secondary N) is 1. The normalized spacial score (nSPS) is 31.2. The Morgan fingerprint density at radius 1 is 0.769 bits per heavy atom. The van der Waals surface area contributed by atoms with Gasteiger partial charge in [-0.3, -0.25) is 23.5 Å². The van der Waals surface area contributed by atoms with Crippen molar-refractivity contribution in [2.45, 2.75) is 109 Å². The molecule has 65 heavy (non-hydrogen) atoms. The van der Waals surface area contributed by atoms with Gasteiger partial charge in [0.15, 0.2) is 22.6 Å². The van der Waals surface area contributed by atoms with Crippen molar-refractivity contribution in [3.63, 3.8) is 0 Å². The van der Waals surface area contributed by atoms with Gasteiger partial charge in [0, 0.05) is 29.5 Å². The summed E-state index contributed by atoms with van der Waals surface area (Å²) in [7, 11) is 0. The van der Waals surface area contributed by atoms with Gasteiger partial charge in [0.05, 0.1) is 38.1 Å². The first-order valence-electron chi connectivity index (χ1n) is 20.7. The minimum Gasteiger partial charge on any atom is -0.390 e. The van der Waals surface area contributed by atoms with Crippen molar-refractivity contribution in [1.29, 1.82) is 0 Å². The number of H-pyrrole nitrogens is 1. The Morgan fingerprint density at radius 3 is 2.00 bits per heavy atom. The molecule has 14 atom stereocenters. The highest BCUT2D eigenvalue weighted by atomic mass is 32.5. The molecule has 3 saturated heterocycles. The monoisotopic (exact) mass is 983 g/mol. The minimum absolute atomic E-state index is 0.0136. The number of unbranched alkanes of at least 4 members (excludes halogenated alkanes) is 1. The summed E-state index contributed by atoms with van der Waals surface area (Å²) >= 11 is 11.1. The molecule has 3 aliphatic rings. The van der Waals surface area contributed by atoms with Gasteiger partial charge in [-0.2, -0.15) is 9.97 Å². The van der Waals surface area contributed by atoms with E-state index in [2.05, 4.69) is 34.9 Å². The lowest BCUT2D eigenvalue weighted by Gasteiger charge is -2.29. The number of ether oxygens (including phenoxy) is 3. The maximum absolute atomic E-state index is 12.7. The van der Waals surface area contributed by atoms with Crippen LogP contribution >= 0.6 is 13.4 Å². The number of aromatic nitrogens is 10. The van der Waals surface area contributed by atoms with E-state index in [-0.39, 0.29) is 28.7 Å². The maximum atomic E-state index is 12.7. The van der Waals surface area contributed by atoms with Crippen LogP contribution in [-0.4, -0.2) is 113 Å². The highest BCUT2D eigenvalue weighted by Crippen LogP contribution is 2.54. The van der Waals surface area contributed by atoms with E-state index in [1.54, 1.807) is 31.7 Å². The molecule has 0 aliphatic carbocycles. The largest absolute Gasteiger partial charge is 0.390 e. The molecule has 0 saturated carbocycles. The van der Waals surface area contributed by atoms with E-state index < -0.39 is 111 Å². The number of hydrogen-bond acceptors (Lipinski definition) is 21. The number of aliphatic hydroxyl groups is 1. The first-order chi connectivity index (χ1) is 30.8. The highest BCUT2D eigenvalue weighted by Gasteiger charge is 2.50. The van der Waals surface area contributed by atoms with Crippen molar-refractivity contribution in [2.24, 2.45) is 17.8 Å². The summed E-state index contributed by atoms with van der Waals surface area (Å²) in [6.07, 6.45) is -0.210. The summed E-state index contributed by atoms with van der Waals surface area (Å²) in [5, 5.41) is 11.1. The number of anilines is 3. The van der Waals surface area contributed by atoms with Crippen LogP contribution in [-0.2, 0) is 55.9 Å². The lowest BCUT2D eigenvalue weighted by atomic mass is 9.99. The standard InChI is InChI=1S/C36H51N13O12P2S2/c1-6-7-8-19-25(17(4)33(57-19)48-13-42-22-28(38)40-12-41-29(22)48)60-63(54,65)56-11-21-26(18(5)34(59-21)49-14-43-23-30(49)45-35(39)46-31(23)51)61-62(53,64)55-10-20-24(50)16(3)32(58-20)47-9-15(2)27(37)44-36(47)52/h9,12-14,16-21,24-26,32-34,50H,6-8,10-11H2,1-5H3,(H,53,64)(H,54,65)(H2,37,44,52)(H2,38,40,41)(H3,39,45,46,51)/t16-,17-,18-,19+,20+,21+,24?,25?,26?,32+,33+,34+,62?,63?/m0/s1. The number of nitrogens with two attached hydrogens (primary N) is 3. The van der Waals surface area contributed by atoms with Gasteiger partial charge in [-0.25, -0.2) is 24.7 Å². The molecule has 0 radical (unpaired) electrons. The van der Waals surface area contributed by atoms with Gasteiger partial charge in [-0.05, 0) is 37.0 Å². The van der Waals surface area contributed by atoms with Gasteiger partial charge < -0.3 is 64.4 Å². The number of nitrogens with zero attached hydrogens (tertiary/aromatic N) is 9. The first kappa shape index (κ1) is 47.6. The second-order valence-electron chi connectivity index (χ2n) is 16.4. The van der Waals surface area contributed by atoms with Crippen molar-refractivity contribution in [3.05, 3.63) is 51.6 Å². The van der Waals surface area contributed by atoms with E-state index >= 15 is 0 Å². The summed E-state index contributed by atoms with van der Waals surface area (Å²) in [6, 6.07) is 0. The number of nitrogen functional groups attached to an aromatic ring is 3. The molecule has 3 fully saturated rings. The zero-order chi connectivity index (χ0) is 46.7. The Balaban J connectivity index is 1.00. The van der Waals surface area contributed by atoms with Crippen molar-refractivity contribution in [1.82, 2.24) is 48.6 Å². The fraction of sp³-hybridized carbons (Fsp3) is 0.611. The number of aromatic amines is 1. The summed E-state index contributed by atoms with van der Waals surface area (Å²) in [5.41, 5.74) is 18.0. The molecule has 8 rings (SSSR count). The van der Waals surface area contributed by atoms with Crippen LogP contribution in [0.25, 0.3) is 22.3 Å². The van der Waals surface area contributed by atoms with Crippen LogP contribution in [0.2, 0.25) is 0 Å². The molecule has 0 amide bonds. The van der Waals surface area contributed by atoms with Crippen LogP contribution in [0.4, 0.5) is 17.6 Å². The van der Waals surface area contributed by atoms with Crippen molar-refractivity contribution in [3.8, 4) is 0 Å². The molecular formula is C36H51N13O12P2S2. The van der Waals surface area contributed by atoms with Gasteiger partial charge in [-0.1, -0.05) is 40.5 Å². The fourth-order valence-corrected chi connectivity index (χ4v) is 11.5. The molecule has 5 unspecified atom stereocenters. The van der Waals surface area contributed by atoms with Crippen molar-refractivity contribution >= 4 is 77.0 Å². The third kappa shape index (κ3) is 9.50. The van der Waals surface area contributed by atoms with Gasteiger partial charge in [0.2, 0.25) is 5.95 Å². The lowest BCUT2D eigenvalue weighted by Crippen LogP contribution is -2.33. The van der Waals surface area contributed by atoms with E-state index in [0.717, 1.165) is 12.8 Å². The van der Waals surface area contributed by atoms with E-state index in [1.807, 2.05) is 13.8 Å². The zero-order valence-corrected chi connectivity index (χ0v) is 39.2. The number of imidazole rings is 2. The Morgan fingerprint density at radius 2 is 1.34 bits per heavy atom.